The molecule has 3 rings (SSSR count). The summed E-state index contributed by atoms with van der Waals surface area (Å²) in [5, 5.41) is 12.9. The lowest BCUT2D eigenvalue weighted by molar-refractivity contribution is 0.139. The number of hydrogen-bond donors (Lipinski definition) is 3. The first-order valence-electron chi connectivity index (χ1n) is 5.63. The highest BCUT2D eigenvalue weighted by molar-refractivity contribution is 7.99. The number of nitrogens with one attached hydrogen (secondary N) is 1. The second-order valence-electron chi connectivity index (χ2n) is 4.17. The minimum Gasteiger partial charge on any atom is -0.388 e. The highest BCUT2D eigenvalue weighted by Crippen LogP contribution is 2.37. The lowest BCUT2D eigenvalue weighted by atomic mass is 10.2. The third kappa shape index (κ3) is 1.64. The molecule has 0 aromatic carbocycles. The average Bonchev–Trinajstić information content (AvgIpc) is 2.94. The smallest absolute Gasteiger partial charge is 0.166 e. The van der Waals surface area contributed by atoms with Crippen LogP contribution in [0.1, 0.15) is 5.37 Å². The highest BCUT2D eigenvalue weighted by atomic mass is 32.2. The van der Waals surface area contributed by atoms with E-state index in [1.807, 2.05) is 4.57 Å². The van der Waals surface area contributed by atoms with Crippen molar-refractivity contribution in [2.75, 3.05) is 18.1 Å². The molecule has 1 fully saturated rings. The summed E-state index contributed by atoms with van der Waals surface area (Å²) in [4.78, 5) is 12.6. The lowest BCUT2D eigenvalue weighted by Crippen LogP contribution is -2.35. The quantitative estimate of drug-likeness (QED) is 0.692. The topological polar surface area (TPSA) is 102 Å². The number of nitrogens with two attached hydrogens (primary N) is 1. The number of fused-ring (bicyclic) bond motifs is 1. The Hall–Kier alpha value is -1.38. The Kier molecular flexibility index (Phi) is 2.84. The van der Waals surface area contributed by atoms with Gasteiger partial charge in [0.25, 0.3) is 0 Å². The Bertz CT molecular complexity index is 572. The van der Waals surface area contributed by atoms with Gasteiger partial charge in [0.05, 0.1) is 6.33 Å². The molecule has 0 saturated carbocycles. The van der Waals surface area contributed by atoms with E-state index in [1.54, 1.807) is 25.1 Å². The first kappa shape index (κ1) is 11.7. The second-order valence-corrected chi connectivity index (χ2v) is 5.32. The maximum atomic E-state index is 10.1. The predicted molar refractivity (Wildman–Crippen MR) is 70.3 cm³/mol. The van der Waals surface area contributed by atoms with Gasteiger partial charge in [-0.15, -0.1) is 11.8 Å². The molecule has 18 heavy (non-hydrogen) atoms. The van der Waals surface area contributed by atoms with Crippen LogP contribution in [0.25, 0.3) is 11.2 Å². The van der Waals surface area contributed by atoms with Crippen molar-refractivity contribution in [3.05, 3.63) is 12.7 Å². The number of imidazole rings is 1. The van der Waals surface area contributed by atoms with Gasteiger partial charge >= 0.3 is 0 Å². The molecular weight excluding hydrogens is 252 g/mol. The van der Waals surface area contributed by atoms with Crippen LogP contribution in [-0.4, -0.2) is 49.6 Å². The Morgan fingerprint density at radius 2 is 2.33 bits per heavy atom. The molecule has 0 aliphatic carbocycles. The summed E-state index contributed by atoms with van der Waals surface area (Å²) in [6, 6.07) is -0.206. The molecule has 3 heterocycles. The standard InChI is InChI=1S/C10H14N6OS/c1-12-8-6-9(14-3-13-8)16(4-15-6)10-7(17)5(11)2-18-10/h3-5,7,10,17H,2,11H2,1H3,(H,12,13,14)/t5-,7-,10-/m1/s1. The summed E-state index contributed by atoms with van der Waals surface area (Å²) in [5.41, 5.74) is 7.24. The number of hydrogen-bond acceptors (Lipinski definition) is 7. The van der Waals surface area contributed by atoms with Gasteiger partial charge in [0, 0.05) is 18.8 Å². The van der Waals surface area contributed by atoms with E-state index in [0.29, 0.717) is 17.0 Å². The molecule has 3 atom stereocenters. The molecule has 0 radical (unpaired) electrons. The molecule has 0 bridgehead atoms. The molecule has 1 aliphatic rings. The minimum absolute atomic E-state index is 0.135. The van der Waals surface area contributed by atoms with Crippen molar-refractivity contribution in [2.24, 2.45) is 5.73 Å². The maximum absolute atomic E-state index is 10.1. The monoisotopic (exact) mass is 266 g/mol. The minimum atomic E-state index is -0.583. The zero-order valence-electron chi connectivity index (χ0n) is 9.82. The zero-order chi connectivity index (χ0) is 12.7. The SMILES string of the molecule is CNc1ncnc2c1ncn2[C@@H]1SC[C@@H](N)[C@H]1O. The fourth-order valence-corrected chi connectivity index (χ4v) is 3.41. The van der Waals surface area contributed by atoms with Gasteiger partial charge in [0.1, 0.15) is 23.3 Å². The van der Waals surface area contributed by atoms with E-state index in [9.17, 15) is 5.11 Å². The van der Waals surface area contributed by atoms with Crippen LogP contribution in [0.15, 0.2) is 12.7 Å². The average molecular weight is 266 g/mol. The second kappa shape index (κ2) is 4.38. The van der Waals surface area contributed by atoms with E-state index in [2.05, 4.69) is 20.3 Å². The summed E-state index contributed by atoms with van der Waals surface area (Å²) in [6.45, 7) is 0. The molecular formula is C10H14N6OS. The number of aliphatic hydroxyl groups is 1. The van der Waals surface area contributed by atoms with Crippen molar-refractivity contribution in [3.63, 3.8) is 0 Å². The molecule has 2 aromatic rings. The highest BCUT2D eigenvalue weighted by Gasteiger charge is 2.35. The van der Waals surface area contributed by atoms with Gasteiger partial charge in [-0.25, -0.2) is 15.0 Å². The van der Waals surface area contributed by atoms with Crippen molar-refractivity contribution >= 4 is 28.7 Å². The number of anilines is 1. The van der Waals surface area contributed by atoms with Crippen LogP contribution in [0.2, 0.25) is 0 Å². The zero-order valence-corrected chi connectivity index (χ0v) is 10.6. The summed E-state index contributed by atoms with van der Waals surface area (Å²) in [5.74, 6) is 1.41. The molecule has 1 aliphatic heterocycles. The Labute approximate surface area is 108 Å². The van der Waals surface area contributed by atoms with Crippen LogP contribution in [0, 0.1) is 0 Å². The molecule has 4 N–H and O–H groups in total. The number of aromatic nitrogens is 4. The van der Waals surface area contributed by atoms with E-state index >= 15 is 0 Å². The Morgan fingerprint density at radius 1 is 1.50 bits per heavy atom. The molecule has 0 unspecified atom stereocenters. The van der Waals surface area contributed by atoms with Gasteiger partial charge in [0.2, 0.25) is 0 Å². The van der Waals surface area contributed by atoms with Crippen molar-refractivity contribution in [2.45, 2.75) is 17.5 Å². The van der Waals surface area contributed by atoms with Crippen molar-refractivity contribution in [3.8, 4) is 0 Å². The van der Waals surface area contributed by atoms with Gasteiger partial charge in [0.15, 0.2) is 11.5 Å². The van der Waals surface area contributed by atoms with Gasteiger partial charge in [-0.05, 0) is 0 Å². The van der Waals surface area contributed by atoms with Crippen LogP contribution >= 0.6 is 11.8 Å². The van der Waals surface area contributed by atoms with Crippen LogP contribution in [-0.2, 0) is 0 Å². The number of aliphatic hydroxyl groups excluding tert-OH is 1. The van der Waals surface area contributed by atoms with Crippen molar-refractivity contribution < 1.29 is 5.11 Å². The largest absolute Gasteiger partial charge is 0.388 e. The molecule has 7 nitrogen and oxygen atoms in total. The maximum Gasteiger partial charge on any atom is 0.166 e. The number of nitrogens with zero attached hydrogens (tertiary/aromatic N) is 4. The lowest BCUT2D eigenvalue weighted by Gasteiger charge is -2.17. The molecule has 8 heteroatoms. The summed E-state index contributed by atoms with van der Waals surface area (Å²) < 4.78 is 1.86. The molecule has 1 saturated heterocycles. The van der Waals surface area contributed by atoms with E-state index in [4.69, 9.17) is 5.73 Å². The predicted octanol–water partition coefficient (Wildman–Crippen LogP) is -0.198. The van der Waals surface area contributed by atoms with E-state index < -0.39 is 6.10 Å². The van der Waals surface area contributed by atoms with Gasteiger partial charge in [-0.1, -0.05) is 0 Å². The number of rotatable bonds is 2. The Balaban J connectivity index is 2.08. The third-order valence-corrected chi connectivity index (χ3v) is 4.48. The summed E-state index contributed by atoms with van der Waals surface area (Å²) in [6.07, 6.45) is 2.58. The van der Waals surface area contributed by atoms with Crippen molar-refractivity contribution in [1.82, 2.24) is 19.5 Å². The Morgan fingerprint density at radius 3 is 3.00 bits per heavy atom. The first-order chi connectivity index (χ1) is 8.72. The van der Waals surface area contributed by atoms with E-state index in [-0.39, 0.29) is 11.4 Å². The fourth-order valence-electron chi connectivity index (χ4n) is 2.08. The van der Waals surface area contributed by atoms with Crippen LogP contribution < -0.4 is 11.1 Å². The summed E-state index contributed by atoms with van der Waals surface area (Å²) in [7, 11) is 1.79. The molecule has 0 amide bonds. The molecule has 2 aromatic heterocycles. The first-order valence-corrected chi connectivity index (χ1v) is 6.68. The van der Waals surface area contributed by atoms with Crippen LogP contribution in [0.3, 0.4) is 0 Å². The normalized spacial score (nSPS) is 27.8. The molecule has 0 spiro atoms. The fraction of sp³-hybridized carbons (Fsp3) is 0.500. The van der Waals surface area contributed by atoms with Gasteiger partial charge < -0.3 is 16.2 Å². The van der Waals surface area contributed by atoms with Gasteiger partial charge in [-0.3, -0.25) is 4.57 Å². The van der Waals surface area contributed by atoms with Crippen LogP contribution in [0.4, 0.5) is 5.82 Å². The van der Waals surface area contributed by atoms with Gasteiger partial charge in [-0.2, -0.15) is 0 Å². The van der Waals surface area contributed by atoms with E-state index in [1.165, 1.54) is 6.33 Å². The third-order valence-electron chi connectivity index (χ3n) is 3.06. The van der Waals surface area contributed by atoms with E-state index in [0.717, 1.165) is 5.75 Å². The summed E-state index contributed by atoms with van der Waals surface area (Å²) >= 11 is 1.61. The van der Waals surface area contributed by atoms with Crippen molar-refractivity contribution in [1.29, 1.82) is 0 Å². The molecule has 96 valence electrons. The number of thioether (sulfide) groups is 1. The van der Waals surface area contributed by atoms with Crippen LogP contribution in [0.5, 0.6) is 0 Å².